The summed E-state index contributed by atoms with van der Waals surface area (Å²) < 4.78 is 73.6. The third-order valence-corrected chi connectivity index (χ3v) is 6.39. The molecular weight excluding hydrogens is 488 g/mol. The van der Waals surface area contributed by atoms with Crippen molar-refractivity contribution in [2.45, 2.75) is 64.2 Å². The second-order valence-corrected chi connectivity index (χ2v) is 9.26. The second kappa shape index (κ2) is 12.7. The van der Waals surface area contributed by atoms with Gasteiger partial charge in [0, 0.05) is 17.6 Å². The van der Waals surface area contributed by atoms with Gasteiger partial charge in [-0.15, -0.1) is 13.2 Å². The molecule has 0 aromatic heterocycles. The molecule has 0 amide bonds. The highest BCUT2D eigenvalue weighted by Crippen LogP contribution is 2.30. The molecule has 0 radical (unpaired) electrons. The Labute approximate surface area is 214 Å². The highest BCUT2D eigenvalue weighted by atomic mass is 19.4. The van der Waals surface area contributed by atoms with Gasteiger partial charge < -0.3 is 18.9 Å². The van der Waals surface area contributed by atoms with E-state index in [4.69, 9.17) is 14.2 Å². The van der Waals surface area contributed by atoms with Crippen LogP contribution >= 0.6 is 0 Å². The number of fused-ring (bicyclic) bond motifs is 1. The molecule has 1 aliphatic rings. The zero-order valence-electron chi connectivity index (χ0n) is 20.9. The van der Waals surface area contributed by atoms with Gasteiger partial charge in [-0.2, -0.15) is 0 Å². The first-order valence-corrected chi connectivity index (χ1v) is 12.7. The smallest absolute Gasteiger partial charge is 0.406 e. The van der Waals surface area contributed by atoms with Gasteiger partial charge in [0.2, 0.25) is 0 Å². The van der Waals surface area contributed by atoms with Crippen LogP contribution in [0.1, 0.15) is 55.6 Å². The molecule has 8 heteroatoms. The van der Waals surface area contributed by atoms with Crippen LogP contribution in [-0.2, 0) is 27.1 Å². The number of ether oxygens (including phenoxy) is 4. The molecule has 0 N–H and O–H groups in total. The summed E-state index contributed by atoms with van der Waals surface area (Å²) in [5.74, 6) is -0.580. The van der Waals surface area contributed by atoms with Crippen LogP contribution in [0, 0.1) is 5.82 Å². The van der Waals surface area contributed by atoms with Crippen molar-refractivity contribution in [1.82, 2.24) is 0 Å². The average molecular weight is 521 g/mol. The molecule has 37 heavy (non-hydrogen) atoms. The maximum atomic E-state index is 15.2. The van der Waals surface area contributed by atoms with E-state index in [0.29, 0.717) is 43.6 Å². The van der Waals surface area contributed by atoms with Gasteiger partial charge in [0.05, 0.1) is 13.2 Å². The summed E-state index contributed by atoms with van der Waals surface area (Å²) in [6, 6.07) is 14.7. The molecule has 1 heterocycles. The standard InChI is InChI=1S/C29H32F4O4/c1-2-3-4-5-16-34-25-18-35-28(36-19-25)23-12-15-26-22(17-23)11-10-21(27(26)30)9-6-20-7-13-24(14-8-20)37-29(31,32)33/h7-8,10-15,17,25,28H,2-6,9,16,18-19H2,1H3. The van der Waals surface area contributed by atoms with E-state index in [2.05, 4.69) is 11.7 Å². The minimum atomic E-state index is -4.73. The average Bonchev–Trinajstić information content (AvgIpc) is 2.88. The Bertz CT molecular complexity index is 1140. The lowest BCUT2D eigenvalue weighted by Crippen LogP contribution is -2.33. The van der Waals surface area contributed by atoms with E-state index in [1.165, 1.54) is 25.0 Å². The lowest BCUT2D eigenvalue weighted by molar-refractivity contribution is -0.274. The number of alkyl halides is 3. The first-order valence-electron chi connectivity index (χ1n) is 12.7. The van der Waals surface area contributed by atoms with Crippen molar-refractivity contribution in [2.24, 2.45) is 0 Å². The van der Waals surface area contributed by atoms with Gasteiger partial charge in [-0.05, 0) is 54.0 Å². The lowest BCUT2D eigenvalue weighted by atomic mass is 9.99. The van der Waals surface area contributed by atoms with Gasteiger partial charge in [-0.1, -0.05) is 62.6 Å². The zero-order valence-corrected chi connectivity index (χ0v) is 20.9. The molecule has 0 atom stereocenters. The number of hydrogen-bond acceptors (Lipinski definition) is 4. The maximum Gasteiger partial charge on any atom is 0.573 e. The Balaban J connectivity index is 1.32. The van der Waals surface area contributed by atoms with Crippen molar-refractivity contribution in [3.05, 3.63) is 77.1 Å². The van der Waals surface area contributed by atoms with Crippen molar-refractivity contribution < 1.29 is 36.5 Å². The Morgan fingerprint density at radius 2 is 1.65 bits per heavy atom. The second-order valence-electron chi connectivity index (χ2n) is 9.26. The Hall–Kier alpha value is -2.68. The molecular formula is C29H32F4O4. The van der Waals surface area contributed by atoms with Gasteiger partial charge in [-0.25, -0.2) is 4.39 Å². The number of hydrogen-bond donors (Lipinski definition) is 0. The number of unbranched alkanes of at least 4 members (excludes halogenated alkanes) is 3. The van der Waals surface area contributed by atoms with Crippen LogP contribution in [0.25, 0.3) is 10.8 Å². The van der Waals surface area contributed by atoms with Gasteiger partial charge in [0.25, 0.3) is 0 Å². The van der Waals surface area contributed by atoms with Crippen LogP contribution in [0.2, 0.25) is 0 Å². The third-order valence-electron chi connectivity index (χ3n) is 6.39. The molecule has 0 bridgehead atoms. The first kappa shape index (κ1) is 27.4. The molecule has 0 aliphatic carbocycles. The van der Waals surface area contributed by atoms with Crippen molar-refractivity contribution in [2.75, 3.05) is 19.8 Å². The maximum absolute atomic E-state index is 15.2. The molecule has 0 saturated carbocycles. The summed E-state index contributed by atoms with van der Waals surface area (Å²) in [5, 5.41) is 1.24. The predicted octanol–water partition coefficient (Wildman–Crippen LogP) is 7.67. The van der Waals surface area contributed by atoms with E-state index >= 15 is 4.39 Å². The van der Waals surface area contributed by atoms with E-state index in [1.807, 2.05) is 18.2 Å². The van der Waals surface area contributed by atoms with Gasteiger partial charge in [0.1, 0.15) is 17.7 Å². The third kappa shape index (κ3) is 7.90. The van der Waals surface area contributed by atoms with Gasteiger partial charge >= 0.3 is 6.36 Å². The van der Waals surface area contributed by atoms with Crippen LogP contribution in [0.3, 0.4) is 0 Å². The van der Waals surface area contributed by atoms with Crippen LogP contribution in [0.15, 0.2) is 54.6 Å². The summed E-state index contributed by atoms with van der Waals surface area (Å²) >= 11 is 0. The van der Waals surface area contributed by atoms with Crippen LogP contribution in [0.5, 0.6) is 5.75 Å². The Kier molecular flexibility index (Phi) is 9.40. The van der Waals surface area contributed by atoms with E-state index in [-0.39, 0.29) is 17.7 Å². The van der Waals surface area contributed by atoms with E-state index in [9.17, 15) is 13.2 Å². The minimum Gasteiger partial charge on any atom is -0.406 e. The van der Waals surface area contributed by atoms with Crippen molar-refractivity contribution >= 4 is 10.8 Å². The Morgan fingerprint density at radius 1 is 0.892 bits per heavy atom. The molecule has 0 unspecified atom stereocenters. The van der Waals surface area contributed by atoms with Crippen LogP contribution in [0.4, 0.5) is 17.6 Å². The molecule has 1 saturated heterocycles. The lowest BCUT2D eigenvalue weighted by Gasteiger charge is -2.29. The largest absolute Gasteiger partial charge is 0.573 e. The van der Waals surface area contributed by atoms with Crippen LogP contribution in [-0.4, -0.2) is 32.3 Å². The Morgan fingerprint density at radius 3 is 2.35 bits per heavy atom. The van der Waals surface area contributed by atoms with E-state index < -0.39 is 12.7 Å². The molecule has 3 aromatic carbocycles. The first-order chi connectivity index (χ1) is 17.8. The molecule has 200 valence electrons. The van der Waals surface area contributed by atoms with Crippen molar-refractivity contribution in [3.63, 3.8) is 0 Å². The minimum absolute atomic E-state index is 0.0771. The predicted molar refractivity (Wildman–Crippen MR) is 133 cm³/mol. The molecule has 4 rings (SSSR count). The van der Waals surface area contributed by atoms with Gasteiger partial charge in [-0.3, -0.25) is 0 Å². The highest BCUT2D eigenvalue weighted by Gasteiger charge is 2.31. The highest BCUT2D eigenvalue weighted by molar-refractivity contribution is 5.84. The normalized spacial score (nSPS) is 18.3. The number of benzene rings is 3. The quantitative estimate of drug-likeness (QED) is 0.192. The topological polar surface area (TPSA) is 36.9 Å². The molecule has 3 aromatic rings. The zero-order chi connectivity index (χ0) is 26.3. The fourth-order valence-electron chi connectivity index (χ4n) is 4.39. The number of aryl methyl sites for hydroxylation is 2. The molecule has 1 fully saturated rings. The summed E-state index contributed by atoms with van der Waals surface area (Å²) in [5.41, 5.74) is 2.15. The van der Waals surface area contributed by atoms with Gasteiger partial charge in [0.15, 0.2) is 6.29 Å². The summed E-state index contributed by atoms with van der Waals surface area (Å²) in [7, 11) is 0. The summed E-state index contributed by atoms with van der Waals surface area (Å²) in [6.45, 7) is 3.79. The van der Waals surface area contributed by atoms with E-state index in [1.54, 1.807) is 24.3 Å². The SMILES string of the molecule is CCCCCCOC1COC(c2ccc3c(F)c(CCc4ccc(OC(F)(F)F)cc4)ccc3c2)OC1. The fraction of sp³-hybridized carbons (Fsp3) is 0.448. The number of halogens is 4. The van der Waals surface area contributed by atoms with Crippen molar-refractivity contribution in [1.29, 1.82) is 0 Å². The fourth-order valence-corrected chi connectivity index (χ4v) is 4.39. The molecule has 4 nitrogen and oxygen atoms in total. The molecule has 1 aliphatic heterocycles. The van der Waals surface area contributed by atoms with E-state index in [0.717, 1.165) is 29.4 Å². The summed E-state index contributed by atoms with van der Waals surface area (Å²) in [4.78, 5) is 0. The van der Waals surface area contributed by atoms with Crippen LogP contribution < -0.4 is 4.74 Å². The molecule has 0 spiro atoms. The number of rotatable bonds is 11. The monoisotopic (exact) mass is 520 g/mol. The summed E-state index contributed by atoms with van der Waals surface area (Å²) in [6.07, 6.45) is 0.182. The van der Waals surface area contributed by atoms with Crippen molar-refractivity contribution in [3.8, 4) is 5.75 Å².